The van der Waals surface area contributed by atoms with Gasteiger partial charge >= 0.3 is 0 Å². The molecule has 0 N–H and O–H groups in total. The van der Waals surface area contributed by atoms with Crippen LogP contribution in [0.3, 0.4) is 0 Å². The smallest absolute Gasteiger partial charge is 0.153 e. The minimum Gasteiger partial charge on any atom is -0.354 e. The van der Waals surface area contributed by atoms with Crippen LogP contribution in [0.15, 0.2) is 47.8 Å². The predicted octanol–water partition coefficient (Wildman–Crippen LogP) is 3.75. The van der Waals surface area contributed by atoms with Gasteiger partial charge in [0.05, 0.1) is 17.6 Å². The Balaban J connectivity index is 2.02. The molecule has 3 aromatic rings. The van der Waals surface area contributed by atoms with Crippen LogP contribution < -0.4 is 4.90 Å². The van der Waals surface area contributed by atoms with Gasteiger partial charge in [0, 0.05) is 17.3 Å². The number of carbonyl (C=O) groups excluding carboxylic acids is 1. The molecule has 3 nitrogen and oxygen atoms in total. The number of anilines is 1. The normalized spacial score (nSPS) is 10.7. The molecule has 0 aliphatic rings. The molecule has 2 heterocycles. The van der Waals surface area contributed by atoms with E-state index in [4.69, 9.17) is 0 Å². The van der Waals surface area contributed by atoms with E-state index in [9.17, 15) is 4.79 Å². The number of benzene rings is 1. The number of carbonyl (C=O) groups is 1. The number of rotatable bonds is 4. The molecule has 1 aromatic carbocycles. The largest absolute Gasteiger partial charge is 0.354 e. The molecule has 0 amide bonds. The van der Waals surface area contributed by atoms with Crippen LogP contribution in [0.4, 0.5) is 5.82 Å². The van der Waals surface area contributed by atoms with Crippen LogP contribution in [0.1, 0.15) is 15.2 Å². The Labute approximate surface area is 121 Å². The first-order valence-electron chi connectivity index (χ1n) is 6.36. The Morgan fingerprint density at radius 3 is 2.85 bits per heavy atom. The fraction of sp³-hybridized carbons (Fsp3) is 0.125. The third-order valence-electron chi connectivity index (χ3n) is 3.19. The number of fused-ring (bicyclic) bond motifs is 1. The maximum absolute atomic E-state index is 11.3. The molecule has 0 saturated heterocycles. The molecule has 2 aromatic heterocycles. The zero-order valence-corrected chi connectivity index (χ0v) is 11.9. The standard InChI is InChI=1S/C16H14N2OS/c1-18(10-14-6-4-8-20-14)16-13(11-19)9-12-5-2-3-7-15(12)17-16/h2-9,11H,10H2,1H3. The van der Waals surface area contributed by atoms with E-state index in [0.29, 0.717) is 5.56 Å². The highest BCUT2D eigenvalue weighted by molar-refractivity contribution is 7.09. The lowest BCUT2D eigenvalue weighted by atomic mass is 10.1. The summed E-state index contributed by atoms with van der Waals surface area (Å²) in [6, 6.07) is 13.9. The van der Waals surface area contributed by atoms with E-state index >= 15 is 0 Å². The van der Waals surface area contributed by atoms with E-state index in [-0.39, 0.29) is 0 Å². The second kappa shape index (κ2) is 5.43. The zero-order chi connectivity index (χ0) is 13.9. The molecule has 0 bridgehead atoms. The van der Waals surface area contributed by atoms with Crippen molar-refractivity contribution in [3.8, 4) is 0 Å². The van der Waals surface area contributed by atoms with E-state index < -0.39 is 0 Å². The van der Waals surface area contributed by atoms with Crippen LogP contribution in [-0.2, 0) is 6.54 Å². The van der Waals surface area contributed by atoms with Gasteiger partial charge in [-0.05, 0) is 23.6 Å². The molecule has 0 fully saturated rings. The summed E-state index contributed by atoms with van der Waals surface area (Å²) < 4.78 is 0. The van der Waals surface area contributed by atoms with Crippen molar-refractivity contribution in [3.63, 3.8) is 0 Å². The van der Waals surface area contributed by atoms with Crippen molar-refractivity contribution in [2.75, 3.05) is 11.9 Å². The Hall–Kier alpha value is -2.20. The van der Waals surface area contributed by atoms with Crippen LogP contribution in [0.25, 0.3) is 10.9 Å². The SMILES string of the molecule is CN(Cc1cccs1)c1nc2ccccc2cc1C=O. The molecule has 0 saturated carbocycles. The lowest BCUT2D eigenvalue weighted by molar-refractivity contribution is 0.112. The minimum absolute atomic E-state index is 0.628. The number of hydrogen-bond donors (Lipinski definition) is 0. The van der Waals surface area contributed by atoms with Gasteiger partial charge in [0.2, 0.25) is 0 Å². The van der Waals surface area contributed by atoms with Crippen LogP contribution >= 0.6 is 11.3 Å². The van der Waals surface area contributed by atoms with E-state index in [0.717, 1.165) is 29.6 Å². The van der Waals surface area contributed by atoms with Gasteiger partial charge in [0.1, 0.15) is 5.82 Å². The Kier molecular flexibility index (Phi) is 3.48. The number of pyridine rings is 1. The van der Waals surface area contributed by atoms with Gasteiger partial charge in [0.15, 0.2) is 6.29 Å². The second-order valence-electron chi connectivity index (χ2n) is 4.65. The zero-order valence-electron chi connectivity index (χ0n) is 11.1. The maximum Gasteiger partial charge on any atom is 0.153 e. The van der Waals surface area contributed by atoms with Crippen molar-refractivity contribution < 1.29 is 4.79 Å². The lowest BCUT2D eigenvalue weighted by Crippen LogP contribution is -2.18. The molecule has 0 aliphatic heterocycles. The van der Waals surface area contributed by atoms with Gasteiger partial charge in [-0.2, -0.15) is 0 Å². The summed E-state index contributed by atoms with van der Waals surface area (Å²) in [4.78, 5) is 19.2. The van der Waals surface area contributed by atoms with Gasteiger partial charge in [-0.15, -0.1) is 11.3 Å². The highest BCUT2D eigenvalue weighted by atomic mass is 32.1. The van der Waals surface area contributed by atoms with Crippen molar-refractivity contribution in [1.82, 2.24) is 4.98 Å². The van der Waals surface area contributed by atoms with Crippen molar-refractivity contribution in [3.05, 3.63) is 58.3 Å². The average Bonchev–Trinajstić information content (AvgIpc) is 2.98. The summed E-state index contributed by atoms with van der Waals surface area (Å²) in [6.07, 6.45) is 0.875. The molecule has 20 heavy (non-hydrogen) atoms. The minimum atomic E-state index is 0.628. The number of aldehydes is 1. The topological polar surface area (TPSA) is 33.2 Å². The van der Waals surface area contributed by atoms with Gasteiger partial charge in [-0.25, -0.2) is 4.98 Å². The summed E-state index contributed by atoms with van der Waals surface area (Å²) >= 11 is 1.71. The number of aromatic nitrogens is 1. The third kappa shape index (κ3) is 2.42. The fourth-order valence-electron chi connectivity index (χ4n) is 2.23. The van der Waals surface area contributed by atoms with Crippen molar-refractivity contribution >= 4 is 34.3 Å². The van der Waals surface area contributed by atoms with E-state index in [1.54, 1.807) is 11.3 Å². The summed E-state index contributed by atoms with van der Waals surface area (Å²) in [6.45, 7) is 0.754. The van der Waals surface area contributed by atoms with Gasteiger partial charge in [0.25, 0.3) is 0 Å². The van der Waals surface area contributed by atoms with Crippen molar-refractivity contribution in [2.24, 2.45) is 0 Å². The molecule has 100 valence electrons. The van der Waals surface area contributed by atoms with Crippen LogP contribution in [0.5, 0.6) is 0 Å². The molecule has 0 aliphatic carbocycles. The molecule has 0 unspecified atom stereocenters. The molecular formula is C16H14N2OS. The fourth-order valence-corrected chi connectivity index (χ4v) is 2.98. The molecule has 3 rings (SSSR count). The number of thiophene rings is 1. The maximum atomic E-state index is 11.3. The molecular weight excluding hydrogens is 268 g/mol. The highest BCUT2D eigenvalue weighted by Crippen LogP contribution is 2.23. The van der Waals surface area contributed by atoms with Crippen LogP contribution in [0.2, 0.25) is 0 Å². The van der Waals surface area contributed by atoms with E-state index in [1.165, 1.54) is 4.88 Å². The van der Waals surface area contributed by atoms with Crippen LogP contribution in [-0.4, -0.2) is 18.3 Å². The Morgan fingerprint density at radius 1 is 1.25 bits per heavy atom. The van der Waals surface area contributed by atoms with Gasteiger partial charge < -0.3 is 4.90 Å². The second-order valence-corrected chi connectivity index (χ2v) is 5.68. The average molecular weight is 282 g/mol. The van der Waals surface area contributed by atoms with Gasteiger partial charge in [-0.3, -0.25) is 4.79 Å². The number of nitrogens with zero attached hydrogens (tertiary/aromatic N) is 2. The molecule has 4 heteroatoms. The number of hydrogen-bond acceptors (Lipinski definition) is 4. The van der Waals surface area contributed by atoms with E-state index in [1.807, 2.05) is 48.3 Å². The summed E-state index contributed by atoms with van der Waals surface area (Å²) in [5.74, 6) is 0.729. The molecule has 0 atom stereocenters. The summed E-state index contributed by atoms with van der Waals surface area (Å²) in [5, 5.41) is 3.04. The first-order valence-corrected chi connectivity index (χ1v) is 7.24. The Bertz CT molecular complexity index is 737. The third-order valence-corrected chi connectivity index (χ3v) is 4.06. The summed E-state index contributed by atoms with van der Waals surface area (Å²) in [5.41, 5.74) is 1.54. The first-order chi connectivity index (χ1) is 9.78. The molecule has 0 spiro atoms. The lowest BCUT2D eigenvalue weighted by Gasteiger charge is -2.19. The quantitative estimate of drug-likeness (QED) is 0.683. The van der Waals surface area contributed by atoms with Crippen molar-refractivity contribution in [2.45, 2.75) is 6.54 Å². The predicted molar refractivity (Wildman–Crippen MR) is 83.6 cm³/mol. The van der Waals surface area contributed by atoms with Gasteiger partial charge in [-0.1, -0.05) is 24.3 Å². The Morgan fingerprint density at radius 2 is 2.10 bits per heavy atom. The summed E-state index contributed by atoms with van der Waals surface area (Å²) in [7, 11) is 1.96. The monoisotopic (exact) mass is 282 g/mol. The van der Waals surface area contributed by atoms with E-state index in [2.05, 4.69) is 16.4 Å². The highest BCUT2D eigenvalue weighted by Gasteiger charge is 2.11. The first kappa shape index (κ1) is 12.8. The van der Waals surface area contributed by atoms with Crippen LogP contribution in [0, 0.1) is 0 Å². The van der Waals surface area contributed by atoms with Crippen molar-refractivity contribution in [1.29, 1.82) is 0 Å². The number of para-hydroxylation sites is 1. The molecule has 0 radical (unpaired) electrons.